The lowest BCUT2D eigenvalue weighted by Gasteiger charge is -2.37. The molecule has 1 aliphatic heterocycles. The number of rotatable bonds is 3. The van der Waals surface area contributed by atoms with E-state index in [0.717, 1.165) is 12.8 Å². The van der Waals surface area contributed by atoms with Crippen molar-refractivity contribution in [3.63, 3.8) is 0 Å². The van der Waals surface area contributed by atoms with Crippen LogP contribution in [-0.4, -0.2) is 40.9 Å². The number of hydrogen-bond acceptors (Lipinski definition) is 3. The topological polar surface area (TPSA) is 49.8 Å². The van der Waals surface area contributed by atoms with Gasteiger partial charge in [-0.05, 0) is 39.5 Å². The third-order valence-corrected chi connectivity index (χ3v) is 3.46. The SMILES string of the molecule is CC(C)CCC1CN(C(=O)OC(C)(C)C)CCC1O. The van der Waals surface area contributed by atoms with Crippen LogP contribution in [0.4, 0.5) is 4.79 Å². The Morgan fingerprint density at radius 1 is 1.42 bits per heavy atom. The van der Waals surface area contributed by atoms with Crippen LogP contribution in [0.5, 0.6) is 0 Å². The lowest BCUT2D eigenvalue weighted by Crippen LogP contribution is -2.47. The highest BCUT2D eigenvalue weighted by molar-refractivity contribution is 5.68. The number of carbonyl (C=O) groups is 1. The van der Waals surface area contributed by atoms with Crippen molar-refractivity contribution in [2.45, 2.75) is 65.6 Å². The fraction of sp³-hybridized carbons (Fsp3) is 0.933. The minimum absolute atomic E-state index is 0.184. The highest BCUT2D eigenvalue weighted by Crippen LogP contribution is 2.24. The summed E-state index contributed by atoms with van der Waals surface area (Å²) in [5.74, 6) is 0.813. The van der Waals surface area contributed by atoms with E-state index in [1.807, 2.05) is 20.8 Å². The van der Waals surface area contributed by atoms with E-state index in [-0.39, 0.29) is 18.1 Å². The fourth-order valence-electron chi connectivity index (χ4n) is 2.34. The molecule has 0 aliphatic carbocycles. The predicted octanol–water partition coefficient (Wildman–Crippen LogP) is 3.04. The molecule has 4 nitrogen and oxygen atoms in total. The van der Waals surface area contributed by atoms with Crippen molar-refractivity contribution >= 4 is 6.09 Å². The Labute approximate surface area is 117 Å². The number of aliphatic hydroxyl groups is 1. The van der Waals surface area contributed by atoms with Crippen LogP contribution in [-0.2, 0) is 4.74 Å². The van der Waals surface area contributed by atoms with Gasteiger partial charge >= 0.3 is 6.09 Å². The lowest BCUT2D eigenvalue weighted by atomic mass is 9.88. The van der Waals surface area contributed by atoms with Crippen LogP contribution in [0.2, 0.25) is 0 Å². The lowest BCUT2D eigenvalue weighted by molar-refractivity contribution is -0.0108. The van der Waals surface area contributed by atoms with E-state index >= 15 is 0 Å². The highest BCUT2D eigenvalue weighted by Gasteiger charge is 2.32. The van der Waals surface area contributed by atoms with E-state index in [1.165, 1.54) is 0 Å². The van der Waals surface area contributed by atoms with E-state index in [2.05, 4.69) is 13.8 Å². The van der Waals surface area contributed by atoms with Gasteiger partial charge in [-0.2, -0.15) is 0 Å². The molecule has 1 fully saturated rings. The molecule has 1 rings (SSSR count). The molecule has 0 bridgehead atoms. The highest BCUT2D eigenvalue weighted by atomic mass is 16.6. The molecule has 112 valence electrons. The first kappa shape index (κ1) is 16.3. The van der Waals surface area contributed by atoms with Crippen molar-refractivity contribution in [3.8, 4) is 0 Å². The normalized spacial score (nSPS) is 24.7. The summed E-state index contributed by atoms with van der Waals surface area (Å²) in [5.41, 5.74) is -0.458. The number of amides is 1. The van der Waals surface area contributed by atoms with Crippen LogP contribution in [0.3, 0.4) is 0 Å². The van der Waals surface area contributed by atoms with Crippen molar-refractivity contribution in [2.24, 2.45) is 11.8 Å². The van der Waals surface area contributed by atoms with Gasteiger partial charge in [-0.1, -0.05) is 20.3 Å². The maximum Gasteiger partial charge on any atom is 0.410 e. The molecule has 2 unspecified atom stereocenters. The van der Waals surface area contributed by atoms with Gasteiger partial charge in [0.1, 0.15) is 5.60 Å². The van der Waals surface area contributed by atoms with Crippen LogP contribution in [0.25, 0.3) is 0 Å². The monoisotopic (exact) mass is 271 g/mol. The van der Waals surface area contributed by atoms with Crippen LogP contribution in [0, 0.1) is 11.8 Å². The van der Waals surface area contributed by atoms with Gasteiger partial charge in [0.15, 0.2) is 0 Å². The largest absolute Gasteiger partial charge is 0.444 e. The summed E-state index contributed by atoms with van der Waals surface area (Å²) in [7, 11) is 0. The fourth-order valence-corrected chi connectivity index (χ4v) is 2.34. The molecule has 0 saturated carbocycles. The van der Waals surface area contributed by atoms with Crippen LogP contribution < -0.4 is 0 Å². The summed E-state index contributed by atoms with van der Waals surface area (Å²) in [6, 6.07) is 0. The maximum absolute atomic E-state index is 12.0. The van der Waals surface area contributed by atoms with Crippen molar-refractivity contribution in [1.29, 1.82) is 0 Å². The molecule has 0 aromatic rings. The summed E-state index contributed by atoms with van der Waals surface area (Å²) in [6.07, 6.45) is 2.18. The first-order valence-corrected chi connectivity index (χ1v) is 7.35. The Morgan fingerprint density at radius 3 is 2.58 bits per heavy atom. The van der Waals surface area contributed by atoms with Crippen LogP contribution >= 0.6 is 0 Å². The van der Waals surface area contributed by atoms with E-state index in [1.54, 1.807) is 4.90 Å². The predicted molar refractivity (Wildman–Crippen MR) is 76.0 cm³/mol. The molecular formula is C15H29NO3. The zero-order valence-corrected chi connectivity index (χ0v) is 13.0. The summed E-state index contributed by atoms with van der Waals surface area (Å²) in [4.78, 5) is 13.8. The molecule has 4 heteroatoms. The zero-order valence-electron chi connectivity index (χ0n) is 13.0. The van der Waals surface area contributed by atoms with Crippen molar-refractivity contribution in [1.82, 2.24) is 4.90 Å². The molecule has 0 radical (unpaired) electrons. The number of carbonyl (C=O) groups excluding carboxylic acids is 1. The molecule has 0 aromatic carbocycles. The van der Waals surface area contributed by atoms with Gasteiger partial charge < -0.3 is 14.7 Å². The molecule has 1 saturated heterocycles. The Bertz CT molecular complexity index is 296. The van der Waals surface area contributed by atoms with Crippen molar-refractivity contribution in [3.05, 3.63) is 0 Å². The van der Waals surface area contributed by atoms with Gasteiger partial charge in [0.25, 0.3) is 0 Å². The van der Waals surface area contributed by atoms with Gasteiger partial charge in [-0.15, -0.1) is 0 Å². The van der Waals surface area contributed by atoms with Gasteiger partial charge in [-0.25, -0.2) is 4.79 Å². The second-order valence-corrected chi connectivity index (χ2v) is 7.01. The Balaban J connectivity index is 2.51. The Hall–Kier alpha value is -0.770. The molecule has 0 spiro atoms. The third kappa shape index (κ3) is 5.81. The van der Waals surface area contributed by atoms with Gasteiger partial charge in [0, 0.05) is 19.0 Å². The molecule has 2 atom stereocenters. The Kier molecular flexibility index (Phi) is 5.65. The number of aliphatic hydroxyl groups excluding tert-OH is 1. The van der Waals surface area contributed by atoms with Gasteiger partial charge in [-0.3, -0.25) is 0 Å². The van der Waals surface area contributed by atoms with Gasteiger partial charge in [0.05, 0.1) is 6.10 Å². The van der Waals surface area contributed by atoms with E-state index < -0.39 is 5.60 Å². The standard InChI is InChI=1S/C15H29NO3/c1-11(2)6-7-12-10-16(9-8-13(12)17)14(18)19-15(3,4)5/h11-13,17H,6-10H2,1-5H3. The number of piperidine rings is 1. The summed E-state index contributed by atoms with van der Waals surface area (Å²) in [5, 5.41) is 10.0. The van der Waals surface area contributed by atoms with Crippen molar-refractivity contribution < 1.29 is 14.6 Å². The quantitative estimate of drug-likeness (QED) is 0.858. The maximum atomic E-state index is 12.0. The number of hydrogen-bond donors (Lipinski definition) is 1. The number of likely N-dealkylation sites (tertiary alicyclic amines) is 1. The average Bonchev–Trinajstić information content (AvgIpc) is 2.25. The number of ether oxygens (including phenoxy) is 1. The van der Waals surface area contributed by atoms with E-state index in [4.69, 9.17) is 4.74 Å². The van der Waals surface area contributed by atoms with Gasteiger partial charge in [0.2, 0.25) is 0 Å². The molecule has 1 aliphatic rings. The molecule has 1 amide bonds. The molecule has 1 heterocycles. The molecule has 0 aromatic heterocycles. The smallest absolute Gasteiger partial charge is 0.410 e. The second-order valence-electron chi connectivity index (χ2n) is 7.01. The van der Waals surface area contributed by atoms with E-state index in [0.29, 0.717) is 25.4 Å². The Morgan fingerprint density at radius 2 is 2.05 bits per heavy atom. The third-order valence-electron chi connectivity index (χ3n) is 3.46. The summed E-state index contributed by atoms with van der Waals surface area (Å²) < 4.78 is 5.39. The number of nitrogens with zero attached hydrogens (tertiary/aromatic N) is 1. The van der Waals surface area contributed by atoms with E-state index in [9.17, 15) is 9.90 Å². The minimum Gasteiger partial charge on any atom is -0.444 e. The molecular weight excluding hydrogens is 242 g/mol. The van der Waals surface area contributed by atoms with Crippen molar-refractivity contribution in [2.75, 3.05) is 13.1 Å². The van der Waals surface area contributed by atoms with Crippen LogP contribution in [0.1, 0.15) is 53.9 Å². The molecule has 19 heavy (non-hydrogen) atoms. The summed E-state index contributed by atoms with van der Waals surface area (Å²) in [6.45, 7) is 11.2. The second kappa shape index (κ2) is 6.60. The summed E-state index contributed by atoms with van der Waals surface area (Å²) >= 11 is 0. The van der Waals surface area contributed by atoms with Crippen LogP contribution in [0.15, 0.2) is 0 Å². The first-order chi connectivity index (χ1) is 8.69. The zero-order chi connectivity index (χ0) is 14.6. The minimum atomic E-state index is -0.458. The molecule has 1 N–H and O–H groups in total. The average molecular weight is 271 g/mol. The first-order valence-electron chi connectivity index (χ1n) is 7.35.